The molecule has 2 saturated heterocycles. The first kappa shape index (κ1) is 19.0. The second-order valence-electron chi connectivity index (χ2n) is 6.36. The van der Waals surface area contributed by atoms with Crippen molar-refractivity contribution in [1.82, 2.24) is 10.2 Å². The Morgan fingerprint density at radius 3 is 2.58 bits per heavy atom. The predicted octanol–water partition coefficient (Wildman–Crippen LogP) is 2.20. The number of nitrogens with one attached hydrogen (secondary N) is 1. The summed E-state index contributed by atoms with van der Waals surface area (Å²) in [7, 11) is 1.69. The van der Waals surface area contributed by atoms with E-state index in [0.29, 0.717) is 18.9 Å². The van der Waals surface area contributed by atoms with Crippen molar-refractivity contribution >= 4 is 18.3 Å². The van der Waals surface area contributed by atoms with Gasteiger partial charge in [0, 0.05) is 32.1 Å². The number of halogens is 1. The highest BCUT2D eigenvalue weighted by Crippen LogP contribution is 2.29. The Bertz CT molecular complexity index is 510. The largest absolute Gasteiger partial charge is 0.497 e. The zero-order valence-electron chi connectivity index (χ0n) is 14.2. The van der Waals surface area contributed by atoms with Crippen molar-refractivity contribution in [2.75, 3.05) is 40.0 Å². The van der Waals surface area contributed by atoms with E-state index in [1.807, 2.05) is 17.0 Å². The highest BCUT2D eigenvalue weighted by molar-refractivity contribution is 5.85. The lowest BCUT2D eigenvalue weighted by Crippen LogP contribution is -2.46. The molecule has 1 unspecified atom stereocenters. The van der Waals surface area contributed by atoms with Gasteiger partial charge in [-0.3, -0.25) is 4.79 Å². The average molecular weight is 355 g/mol. The molecule has 3 rings (SSSR count). The molecule has 1 aromatic carbocycles. The number of carbonyl (C=O) groups excluding carboxylic acids is 1. The molecule has 0 bridgehead atoms. The summed E-state index contributed by atoms with van der Waals surface area (Å²) < 4.78 is 10.6. The van der Waals surface area contributed by atoms with Gasteiger partial charge in [-0.15, -0.1) is 12.4 Å². The monoisotopic (exact) mass is 354 g/mol. The van der Waals surface area contributed by atoms with Gasteiger partial charge < -0.3 is 19.7 Å². The number of hydrogen-bond donors (Lipinski definition) is 1. The van der Waals surface area contributed by atoms with Crippen molar-refractivity contribution < 1.29 is 14.3 Å². The summed E-state index contributed by atoms with van der Waals surface area (Å²) in [4.78, 5) is 14.4. The van der Waals surface area contributed by atoms with Crippen LogP contribution in [0.15, 0.2) is 24.3 Å². The van der Waals surface area contributed by atoms with Crippen LogP contribution in [0.1, 0.15) is 30.7 Å². The molecule has 24 heavy (non-hydrogen) atoms. The molecule has 2 aliphatic heterocycles. The Morgan fingerprint density at radius 2 is 2.00 bits per heavy atom. The van der Waals surface area contributed by atoms with E-state index in [9.17, 15) is 4.79 Å². The molecule has 1 amide bonds. The number of carbonyl (C=O) groups is 1. The lowest BCUT2D eigenvalue weighted by atomic mass is 9.89. The summed E-state index contributed by atoms with van der Waals surface area (Å²) in [6.45, 7) is 3.94. The lowest BCUT2D eigenvalue weighted by Gasteiger charge is -2.34. The van der Waals surface area contributed by atoms with E-state index in [1.165, 1.54) is 5.56 Å². The molecule has 1 atom stereocenters. The summed E-state index contributed by atoms with van der Waals surface area (Å²) in [5.41, 5.74) is 1.35. The summed E-state index contributed by atoms with van der Waals surface area (Å²) in [5.74, 6) is 1.69. The van der Waals surface area contributed by atoms with Crippen molar-refractivity contribution in [3.05, 3.63) is 29.8 Å². The zero-order chi connectivity index (χ0) is 16.1. The molecule has 0 aromatic heterocycles. The van der Waals surface area contributed by atoms with Gasteiger partial charge in [0.25, 0.3) is 0 Å². The number of likely N-dealkylation sites (tertiary alicyclic amines) is 1. The summed E-state index contributed by atoms with van der Waals surface area (Å²) in [6.07, 6.45) is 2.62. The first-order valence-corrected chi connectivity index (χ1v) is 8.49. The number of rotatable bonds is 4. The van der Waals surface area contributed by atoms with Crippen LogP contribution in [-0.4, -0.2) is 56.8 Å². The van der Waals surface area contributed by atoms with E-state index in [-0.39, 0.29) is 24.4 Å². The third-order valence-corrected chi connectivity index (χ3v) is 4.85. The van der Waals surface area contributed by atoms with Gasteiger partial charge in [0.2, 0.25) is 5.91 Å². The SMILES string of the molecule is COc1ccc(C2CCN(C(=O)CC3COCCN3)CC2)cc1.Cl. The number of piperidine rings is 1. The van der Waals surface area contributed by atoms with Crippen molar-refractivity contribution in [3.63, 3.8) is 0 Å². The molecule has 0 aliphatic carbocycles. The van der Waals surface area contributed by atoms with Crippen molar-refractivity contribution in [1.29, 1.82) is 0 Å². The Labute approximate surface area is 150 Å². The molecule has 2 fully saturated rings. The summed E-state index contributed by atoms with van der Waals surface area (Å²) >= 11 is 0. The van der Waals surface area contributed by atoms with Gasteiger partial charge in [0.15, 0.2) is 0 Å². The molecule has 1 N–H and O–H groups in total. The van der Waals surface area contributed by atoms with Gasteiger partial charge >= 0.3 is 0 Å². The minimum atomic E-state index is 0. The molecular weight excluding hydrogens is 328 g/mol. The van der Waals surface area contributed by atoms with Crippen molar-refractivity contribution in [3.8, 4) is 5.75 Å². The van der Waals surface area contributed by atoms with Gasteiger partial charge in [-0.05, 0) is 36.5 Å². The van der Waals surface area contributed by atoms with E-state index in [0.717, 1.165) is 44.8 Å². The maximum Gasteiger partial charge on any atom is 0.224 e. The normalized spacial score (nSPS) is 21.9. The highest BCUT2D eigenvalue weighted by Gasteiger charge is 2.26. The summed E-state index contributed by atoms with van der Waals surface area (Å²) in [6, 6.07) is 8.49. The number of nitrogens with zero attached hydrogens (tertiary/aromatic N) is 1. The molecule has 0 radical (unpaired) electrons. The number of amides is 1. The third kappa shape index (κ3) is 4.85. The van der Waals surface area contributed by atoms with Crippen LogP contribution in [0.3, 0.4) is 0 Å². The van der Waals surface area contributed by atoms with Gasteiger partial charge in [-0.25, -0.2) is 0 Å². The zero-order valence-corrected chi connectivity index (χ0v) is 15.0. The van der Waals surface area contributed by atoms with E-state index in [2.05, 4.69) is 17.4 Å². The Balaban J connectivity index is 0.00000208. The summed E-state index contributed by atoms with van der Waals surface area (Å²) in [5, 5.41) is 3.35. The smallest absolute Gasteiger partial charge is 0.224 e. The topological polar surface area (TPSA) is 50.8 Å². The van der Waals surface area contributed by atoms with Crippen LogP contribution >= 0.6 is 12.4 Å². The predicted molar refractivity (Wildman–Crippen MR) is 96.0 cm³/mol. The standard InChI is InChI=1S/C18H26N2O3.ClH/c1-22-17-4-2-14(3-5-17)15-6-9-20(10-7-15)18(21)12-16-13-23-11-8-19-16;/h2-5,15-16,19H,6-13H2,1H3;1H. The Hall–Kier alpha value is -1.30. The van der Waals surface area contributed by atoms with E-state index in [1.54, 1.807) is 7.11 Å². The molecule has 0 spiro atoms. The number of methoxy groups -OCH3 is 1. The highest BCUT2D eigenvalue weighted by atomic mass is 35.5. The molecule has 134 valence electrons. The van der Waals surface area contributed by atoms with E-state index < -0.39 is 0 Å². The van der Waals surface area contributed by atoms with E-state index >= 15 is 0 Å². The first-order valence-electron chi connectivity index (χ1n) is 8.49. The minimum absolute atomic E-state index is 0. The van der Waals surface area contributed by atoms with Crippen LogP contribution in [0.2, 0.25) is 0 Å². The lowest BCUT2D eigenvalue weighted by molar-refractivity contribution is -0.133. The van der Waals surface area contributed by atoms with Crippen molar-refractivity contribution in [2.24, 2.45) is 0 Å². The fraction of sp³-hybridized carbons (Fsp3) is 0.611. The fourth-order valence-corrected chi connectivity index (χ4v) is 3.43. The molecule has 6 heteroatoms. The maximum atomic E-state index is 12.4. The van der Waals surface area contributed by atoms with Gasteiger partial charge in [0.1, 0.15) is 5.75 Å². The Kier molecular flexibility index (Phi) is 7.34. The van der Waals surface area contributed by atoms with Gasteiger partial charge in [-0.1, -0.05) is 12.1 Å². The quantitative estimate of drug-likeness (QED) is 0.900. The second kappa shape index (κ2) is 9.25. The minimum Gasteiger partial charge on any atom is -0.497 e. The van der Waals surface area contributed by atoms with Crippen LogP contribution < -0.4 is 10.1 Å². The van der Waals surface area contributed by atoms with Gasteiger partial charge in [-0.2, -0.15) is 0 Å². The van der Waals surface area contributed by atoms with Gasteiger partial charge in [0.05, 0.1) is 20.3 Å². The second-order valence-corrected chi connectivity index (χ2v) is 6.36. The average Bonchev–Trinajstić information content (AvgIpc) is 2.63. The molecule has 1 aromatic rings. The van der Waals surface area contributed by atoms with Crippen LogP contribution in [0.5, 0.6) is 5.75 Å². The van der Waals surface area contributed by atoms with Crippen LogP contribution in [-0.2, 0) is 9.53 Å². The number of benzene rings is 1. The first-order chi connectivity index (χ1) is 11.3. The Morgan fingerprint density at radius 1 is 1.29 bits per heavy atom. The molecule has 5 nitrogen and oxygen atoms in total. The van der Waals surface area contributed by atoms with Crippen LogP contribution in [0.4, 0.5) is 0 Å². The molecule has 2 aliphatic rings. The fourth-order valence-electron chi connectivity index (χ4n) is 3.43. The maximum absolute atomic E-state index is 12.4. The molecule has 2 heterocycles. The van der Waals surface area contributed by atoms with E-state index in [4.69, 9.17) is 9.47 Å². The van der Waals surface area contributed by atoms with Crippen molar-refractivity contribution in [2.45, 2.75) is 31.2 Å². The molecular formula is C18H27ClN2O3. The third-order valence-electron chi connectivity index (χ3n) is 4.85. The van der Waals surface area contributed by atoms with Crippen LogP contribution in [0, 0.1) is 0 Å². The number of ether oxygens (including phenoxy) is 2. The number of hydrogen-bond acceptors (Lipinski definition) is 4. The number of morpholine rings is 1. The molecule has 0 saturated carbocycles. The van der Waals surface area contributed by atoms with Crippen LogP contribution in [0.25, 0.3) is 0 Å².